The molecule has 0 unspecified atom stereocenters. The van der Waals surface area contributed by atoms with E-state index in [4.69, 9.17) is 0 Å². The summed E-state index contributed by atoms with van der Waals surface area (Å²) in [6.45, 7) is 1.90. The van der Waals surface area contributed by atoms with Crippen LogP contribution in [0.15, 0.2) is 0 Å². The van der Waals surface area contributed by atoms with E-state index in [1.807, 2.05) is 6.92 Å². The van der Waals surface area contributed by atoms with E-state index < -0.39 is 0 Å². The third kappa shape index (κ3) is 4.48. The van der Waals surface area contributed by atoms with Gasteiger partial charge >= 0.3 is 29.6 Å². The van der Waals surface area contributed by atoms with Crippen LogP contribution in [0, 0.1) is 0 Å². The molecule has 0 aromatic carbocycles. The summed E-state index contributed by atoms with van der Waals surface area (Å²) < 4.78 is 0. The van der Waals surface area contributed by atoms with Gasteiger partial charge in [-0.3, -0.25) is 4.79 Å². The van der Waals surface area contributed by atoms with E-state index in [1.54, 1.807) is 0 Å². The molecule has 3 heteroatoms. The zero-order valence-corrected chi connectivity index (χ0v) is 10.2. The number of carbonyl (C=O) groups is 1. The molecule has 1 aliphatic rings. The molecule has 0 atom stereocenters. The molecule has 66 valence electrons. The second-order valence-corrected chi connectivity index (χ2v) is 3.26. The standard InChI is InChI=1S/C9H17NO.Na.H/c1-2-9(11)10-8-6-4-3-5-7-8;;/h8H,2-7H2,1H3,(H,10,11);;/q;+1;-1. The minimum absolute atomic E-state index is 0. The second kappa shape index (κ2) is 6.93. The van der Waals surface area contributed by atoms with Gasteiger partial charge < -0.3 is 6.74 Å². The van der Waals surface area contributed by atoms with Crippen LogP contribution in [-0.2, 0) is 4.79 Å². The van der Waals surface area contributed by atoms with Crippen LogP contribution in [0.3, 0.4) is 0 Å². The molecule has 0 bridgehead atoms. The zero-order chi connectivity index (χ0) is 8.10. The summed E-state index contributed by atoms with van der Waals surface area (Å²) in [5.74, 6) is 0.205. The van der Waals surface area contributed by atoms with Crippen molar-refractivity contribution in [2.75, 3.05) is 0 Å². The normalized spacial score (nSPS) is 18.1. The van der Waals surface area contributed by atoms with Gasteiger partial charge in [0.05, 0.1) is 0 Å². The number of amides is 1. The summed E-state index contributed by atoms with van der Waals surface area (Å²) in [7, 11) is 0. The second-order valence-electron chi connectivity index (χ2n) is 3.26. The molecule has 1 rings (SSSR count). The summed E-state index contributed by atoms with van der Waals surface area (Å²) in [6.07, 6.45) is 6.91. The van der Waals surface area contributed by atoms with Crippen LogP contribution in [0.4, 0.5) is 0 Å². The molecular formula is C9H18NNaO. The van der Waals surface area contributed by atoms with Crippen LogP contribution in [0.1, 0.15) is 46.9 Å². The van der Waals surface area contributed by atoms with Gasteiger partial charge in [-0.05, 0) is 12.8 Å². The van der Waals surface area contributed by atoms with Crippen LogP contribution >= 0.6 is 0 Å². The molecule has 1 aliphatic carbocycles. The van der Waals surface area contributed by atoms with E-state index in [-0.39, 0.29) is 36.9 Å². The van der Waals surface area contributed by atoms with Crippen LogP contribution in [0.25, 0.3) is 0 Å². The van der Waals surface area contributed by atoms with E-state index in [9.17, 15) is 4.79 Å². The summed E-state index contributed by atoms with van der Waals surface area (Å²) in [5.41, 5.74) is 0. The van der Waals surface area contributed by atoms with Crippen LogP contribution in [0.5, 0.6) is 0 Å². The van der Waals surface area contributed by atoms with Crippen molar-refractivity contribution >= 4 is 5.91 Å². The van der Waals surface area contributed by atoms with Crippen molar-refractivity contribution in [1.82, 2.24) is 5.32 Å². The molecule has 0 aromatic heterocycles. The molecule has 0 aliphatic heterocycles. The quantitative estimate of drug-likeness (QED) is 0.539. The first kappa shape index (κ1) is 12.5. The Balaban J connectivity index is 0. The minimum atomic E-state index is 0. The van der Waals surface area contributed by atoms with Gasteiger partial charge in [-0.1, -0.05) is 26.2 Å². The number of hydrogen-bond donors (Lipinski definition) is 1. The molecule has 2 nitrogen and oxygen atoms in total. The fourth-order valence-corrected chi connectivity index (χ4v) is 1.58. The first-order chi connectivity index (χ1) is 5.33. The Labute approximate surface area is 98.3 Å². The maximum absolute atomic E-state index is 11.0. The fourth-order valence-electron chi connectivity index (χ4n) is 1.58. The maximum atomic E-state index is 11.0. The Morgan fingerprint density at radius 3 is 2.50 bits per heavy atom. The molecule has 1 fully saturated rings. The first-order valence-corrected chi connectivity index (χ1v) is 4.62. The number of nitrogens with one attached hydrogen (secondary N) is 1. The van der Waals surface area contributed by atoms with Gasteiger partial charge in [-0.25, -0.2) is 0 Å². The Hall–Kier alpha value is 0.470. The first-order valence-electron chi connectivity index (χ1n) is 4.62. The molecule has 1 saturated carbocycles. The molecule has 1 amide bonds. The van der Waals surface area contributed by atoms with Crippen molar-refractivity contribution in [2.24, 2.45) is 0 Å². The summed E-state index contributed by atoms with van der Waals surface area (Å²) in [4.78, 5) is 11.0. The molecule has 0 radical (unpaired) electrons. The Kier molecular flexibility index (Phi) is 7.20. The number of hydrogen-bond acceptors (Lipinski definition) is 1. The van der Waals surface area contributed by atoms with Gasteiger partial charge in [0, 0.05) is 12.5 Å². The largest absolute Gasteiger partial charge is 1.00 e. The SMILES string of the molecule is CCC(=O)NC1CCCCC1.[H-].[Na+]. The number of rotatable bonds is 2. The molecule has 0 heterocycles. The summed E-state index contributed by atoms with van der Waals surface area (Å²) in [5, 5.41) is 3.03. The Morgan fingerprint density at radius 1 is 1.42 bits per heavy atom. The fraction of sp³-hybridized carbons (Fsp3) is 0.889. The van der Waals surface area contributed by atoms with Crippen molar-refractivity contribution in [3.05, 3.63) is 0 Å². The third-order valence-corrected chi connectivity index (χ3v) is 2.29. The average Bonchev–Trinajstić information content (AvgIpc) is 2.06. The summed E-state index contributed by atoms with van der Waals surface area (Å²) >= 11 is 0. The Morgan fingerprint density at radius 2 is 2.00 bits per heavy atom. The molecule has 12 heavy (non-hydrogen) atoms. The predicted octanol–water partition coefficient (Wildman–Crippen LogP) is -1.04. The van der Waals surface area contributed by atoms with Gasteiger partial charge in [0.15, 0.2) is 0 Å². The van der Waals surface area contributed by atoms with Crippen molar-refractivity contribution in [3.8, 4) is 0 Å². The van der Waals surface area contributed by atoms with Gasteiger partial charge in [-0.2, -0.15) is 0 Å². The van der Waals surface area contributed by atoms with Crippen molar-refractivity contribution < 1.29 is 35.8 Å². The smallest absolute Gasteiger partial charge is 1.00 e. The maximum Gasteiger partial charge on any atom is 1.00 e. The molecule has 0 saturated heterocycles. The van der Waals surface area contributed by atoms with E-state index >= 15 is 0 Å². The minimum Gasteiger partial charge on any atom is -1.00 e. The molecule has 0 aromatic rings. The predicted molar refractivity (Wildman–Crippen MR) is 46.4 cm³/mol. The Bertz CT molecular complexity index is 138. The third-order valence-electron chi connectivity index (χ3n) is 2.29. The molecule has 0 spiro atoms. The summed E-state index contributed by atoms with van der Waals surface area (Å²) in [6, 6.07) is 0.483. The van der Waals surface area contributed by atoms with E-state index in [0.717, 1.165) is 0 Å². The number of carbonyl (C=O) groups excluding carboxylic acids is 1. The van der Waals surface area contributed by atoms with Gasteiger partial charge in [-0.15, -0.1) is 0 Å². The van der Waals surface area contributed by atoms with Gasteiger partial charge in [0.25, 0.3) is 0 Å². The van der Waals surface area contributed by atoms with Crippen molar-refractivity contribution in [2.45, 2.75) is 51.5 Å². The molecular weight excluding hydrogens is 161 g/mol. The molecule has 1 N–H and O–H groups in total. The van der Waals surface area contributed by atoms with Crippen LogP contribution in [0.2, 0.25) is 0 Å². The van der Waals surface area contributed by atoms with E-state index in [2.05, 4.69) is 5.32 Å². The monoisotopic (exact) mass is 179 g/mol. The van der Waals surface area contributed by atoms with Crippen molar-refractivity contribution in [1.29, 1.82) is 0 Å². The topological polar surface area (TPSA) is 29.1 Å². The zero-order valence-electron chi connectivity index (χ0n) is 9.23. The average molecular weight is 179 g/mol. The van der Waals surface area contributed by atoms with Gasteiger partial charge in [0.2, 0.25) is 5.91 Å². The van der Waals surface area contributed by atoms with Crippen LogP contribution < -0.4 is 34.9 Å². The van der Waals surface area contributed by atoms with Gasteiger partial charge in [0.1, 0.15) is 0 Å². The van der Waals surface area contributed by atoms with Crippen LogP contribution in [-0.4, -0.2) is 11.9 Å². The van der Waals surface area contributed by atoms with Crippen molar-refractivity contribution in [3.63, 3.8) is 0 Å². The van der Waals surface area contributed by atoms with E-state index in [1.165, 1.54) is 32.1 Å². The van der Waals surface area contributed by atoms with E-state index in [0.29, 0.717) is 12.5 Å².